The molecule has 0 aliphatic carbocycles. The van der Waals surface area contributed by atoms with Gasteiger partial charge in [0.05, 0.1) is 18.1 Å². The molecule has 0 spiro atoms. The lowest BCUT2D eigenvalue weighted by Crippen LogP contribution is -2.48. The molecule has 1 heterocycles. The highest BCUT2D eigenvalue weighted by molar-refractivity contribution is 5.54. The molecule has 1 fully saturated rings. The van der Waals surface area contributed by atoms with Gasteiger partial charge in [0.1, 0.15) is 0 Å². The molecule has 10 heteroatoms. The lowest BCUT2D eigenvalue weighted by atomic mass is 10.1. The van der Waals surface area contributed by atoms with Gasteiger partial charge in [0.25, 0.3) is 5.69 Å². The zero-order valence-corrected chi connectivity index (χ0v) is 13.9. The largest absolute Gasteiger partial charge is 0.493 e. The van der Waals surface area contributed by atoms with Gasteiger partial charge in [-0.1, -0.05) is 0 Å². The average molecular weight is 363 g/mol. The highest BCUT2D eigenvalue weighted by Crippen LogP contribution is 2.36. The second-order valence-corrected chi connectivity index (χ2v) is 5.88. The van der Waals surface area contributed by atoms with E-state index in [0.29, 0.717) is 18.7 Å². The summed E-state index contributed by atoms with van der Waals surface area (Å²) in [5, 5.41) is 14.6. The highest BCUT2D eigenvalue weighted by Gasteiger charge is 2.30. The Morgan fingerprint density at radius 3 is 2.68 bits per heavy atom. The third-order valence-electron chi connectivity index (χ3n) is 3.80. The number of nitrogens with one attached hydrogen (secondary N) is 1. The summed E-state index contributed by atoms with van der Waals surface area (Å²) in [6.07, 6.45) is -4.55. The molecule has 0 unspecified atom stereocenters. The van der Waals surface area contributed by atoms with Gasteiger partial charge in [-0.3, -0.25) is 15.0 Å². The first-order valence-corrected chi connectivity index (χ1v) is 7.70. The van der Waals surface area contributed by atoms with Gasteiger partial charge in [-0.2, -0.15) is 13.2 Å². The maximum absolute atomic E-state index is 12.3. The van der Waals surface area contributed by atoms with Gasteiger partial charge in [0.2, 0.25) is 0 Å². The molecule has 1 aromatic carbocycles. The minimum Gasteiger partial charge on any atom is -0.493 e. The van der Waals surface area contributed by atoms with E-state index in [4.69, 9.17) is 4.74 Å². The number of benzene rings is 1. The third kappa shape index (κ3) is 5.46. The topological polar surface area (TPSA) is 76.9 Å². The maximum atomic E-state index is 12.3. The summed E-state index contributed by atoms with van der Waals surface area (Å²) in [5.74, 6) is -0.267. The Balaban J connectivity index is 2.27. The predicted molar refractivity (Wildman–Crippen MR) is 83.9 cm³/mol. The molecule has 140 valence electrons. The van der Waals surface area contributed by atoms with Gasteiger partial charge < -0.3 is 14.8 Å². The number of nitro benzene ring substituents is 1. The van der Waals surface area contributed by atoms with E-state index in [1.807, 2.05) is 11.8 Å². The summed E-state index contributed by atoms with van der Waals surface area (Å²) in [4.78, 5) is 12.8. The molecule has 2 rings (SSSR count). The summed E-state index contributed by atoms with van der Waals surface area (Å²) in [6, 6.07) is 2.62. The van der Waals surface area contributed by atoms with Crippen LogP contribution < -0.4 is 14.8 Å². The van der Waals surface area contributed by atoms with Crippen LogP contribution in [0.4, 0.5) is 18.9 Å². The third-order valence-corrected chi connectivity index (χ3v) is 3.80. The number of alkyl halides is 3. The van der Waals surface area contributed by atoms with E-state index in [1.165, 1.54) is 13.2 Å². The zero-order valence-electron chi connectivity index (χ0n) is 13.9. The standard InChI is InChI=1S/C15H20F3N3O4/c1-10-7-20(4-3-19-10)8-11-5-13(24-2)14(6-12(11)21(22)23)25-9-15(16,17)18/h5-6,10,19H,3-4,7-9H2,1-2H3/t10-/m0/s1. The minimum atomic E-state index is -4.55. The van der Waals surface area contributed by atoms with E-state index in [1.54, 1.807) is 0 Å². The number of nitrogens with zero attached hydrogens (tertiary/aromatic N) is 2. The molecule has 1 N–H and O–H groups in total. The smallest absolute Gasteiger partial charge is 0.422 e. The molecule has 25 heavy (non-hydrogen) atoms. The van der Waals surface area contributed by atoms with Crippen LogP contribution in [-0.4, -0.2) is 55.4 Å². The minimum absolute atomic E-state index is 0.0352. The summed E-state index contributed by atoms with van der Waals surface area (Å²) < 4.78 is 46.8. The maximum Gasteiger partial charge on any atom is 0.422 e. The number of methoxy groups -OCH3 is 1. The molecular formula is C15H20F3N3O4. The van der Waals surface area contributed by atoms with E-state index < -0.39 is 17.7 Å². The normalized spacial score (nSPS) is 18.8. The van der Waals surface area contributed by atoms with Crippen molar-refractivity contribution in [2.45, 2.75) is 25.7 Å². The number of rotatable bonds is 6. The fourth-order valence-electron chi connectivity index (χ4n) is 2.72. The molecule has 1 aliphatic rings. The molecule has 1 saturated heterocycles. The Hall–Kier alpha value is -2.07. The van der Waals surface area contributed by atoms with Crippen LogP contribution in [0.1, 0.15) is 12.5 Å². The van der Waals surface area contributed by atoms with Crippen molar-refractivity contribution in [3.05, 3.63) is 27.8 Å². The van der Waals surface area contributed by atoms with Crippen molar-refractivity contribution in [2.24, 2.45) is 0 Å². The summed E-state index contributed by atoms with van der Waals surface area (Å²) in [6.45, 7) is 2.96. The van der Waals surface area contributed by atoms with Gasteiger partial charge in [0, 0.05) is 37.8 Å². The van der Waals surface area contributed by atoms with E-state index in [2.05, 4.69) is 10.1 Å². The molecule has 0 saturated carbocycles. The van der Waals surface area contributed by atoms with Crippen molar-refractivity contribution in [1.29, 1.82) is 0 Å². The van der Waals surface area contributed by atoms with E-state index in [-0.39, 0.29) is 23.2 Å². The van der Waals surface area contributed by atoms with E-state index in [9.17, 15) is 23.3 Å². The predicted octanol–water partition coefficient (Wildman–Crippen LogP) is 2.34. The Morgan fingerprint density at radius 2 is 2.12 bits per heavy atom. The zero-order chi connectivity index (χ0) is 18.6. The monoisotopic (exact) mass is 363 g/mol. The Kier molecular flexibility index (Phi) is 6.07. The number of hydrogen-bond acceptors (Lipinski definition) is 6. The Morgan fingerprint density at radius 1 is 1.40 bits per heavy atom. The summed E-state index contributed by atoms with van der Waals surface area (Å²) >= 11 is 0. The molecule has 1 aromatic rings. The number of halogens is 3. The summed E-state index contributed by atoms with van der Waals surface area (Å²) in [5.41, 5.74) is 0.0828. The number of nitro groups is 1. The van der Waals surface area contributed by atoms with Crippen LogP contribution in [0, 0.1) is 10.1 Å². The van der Waals surface area contributed by atoms with Gasteiger partial charge in [-0.25, -0.2) is 0 Å². The van der Waals surface area contributed by atoms with E-state index >= 15 is 0 Å². The van der Waals surface area contributed by atoms with Crippen LogP contribution in [0.15, 0.2) is 12.1 Å². The molecule has 0 bridgehead atoms. The highest BCUT2D eigenvalue weighted by atomic mass is 19.4. The van der Waals surface area contributed by atoms with E-state index in [0.717, 1.165) is 19.2 Å². The quantitative estimate of drug-likeness (QED) is 0.618. The van der Waals surface area contributed by atoms with Crippen LogP contribution in [0.2, 0.25) is 0 Å². The molecule has 1 aliphatic heterocycles. The van der Waals surface area contributed by atoms with Crippen molar-refractivity contribution in [2.75, 3.05) is 33.4 Å². The van der Waals surface area contributed by atoms with Crippen molar-refractivity contribution in [3.63, 3.8) is 0 Å². The first-order chi connectivity index (χ1) is 11.7. The number of piperazine rings is 1. The van der Waals surface area contributed by atoms with Crippen molar-refractivity contribution < 1.29 is 27.6 Å². The van der Waals surface area contributed by atoms with Crippen molar-refractivity contribution in [3.8, 4) is 11.5 Å². The second-order valence-electron chi connectivity index (χ2n) is 5.88. The Labute approximate surface area is 142 Å². The Bertz CT molecular complexity index is 625. The average Bonchev–Trinajstić information content (AvgIpc) is 2.52. The lowest BCUT2D eigenvalue weighted by Gasteiger charge is -2.31. The first kappa shape index (κ1) is 19.3. The molecule has 0 aromatic heterocycles. The molecule has 0 radical (unpaired) electrons. The van der Waals surface area contributed by atoms with Crippen molar-refractivity contribution >= 4 is 5.69 Å². The molecular weight excluding hydrogens is 343 g/mol. The van der Waals surface area contributed by atoms with Gasteiger partial charge in [-0.15, -0.1) is 0 Å². The fourth-order valence-corrected chi connectivity index (χ4v) is 2.72. The summed E-state index contributed by atoms with van der Waals surface area (Å²) in [7, 11) is 1.28. The van der Waals surface area contributed by atoms with Gasteiger partial charge in [-0.05, 0) is 13.0 Å². The van der Waals surface area contributed by atoms with Gasteiger partial charge in [0.15, 0.2) is 18.1 Å². The SMILES string of the molecule is COc1cc(CN2CCN[C@@H](C)C2)c([N+](=O)[O-])cc1OCC(F)(F)F. The van der Waals surface area contributed by atoms with Crippen LogP contribution in [-0.2, 0) is 6.54 Å². The van der Waals surface area contributed by atoms with Crippen LogP contribution in [0.3, 0.4) is 0 Å². The van der Waals surface area contributed by atoms with Crippen LogP contribution >= 0.6 is 0 Å². The first-order valence-electron chi connectivity index (χ1n) is 7.70. The lowest BCUT2D eigenvalue weighted by molar-refractivity contribution is -0.385. The fraction of sp³-hybridized carbons (Fsp3) is 0.600. The van der Waals surface area contributed by atoms with Crippen molar-refractivity contribution in [1.82, 2.24) is 10.2 Å². The molecule has 0 amide bonds. The number of ether oxygens (including phenoxy) is 2. The van der Waals surface area contributed by atoms with Crippen LogP contribution in [0.5, 0.6) is 11.5 Å². The number of hydrogen-bond donors (Lipinski definition) is 1. The molecule has 7 nitrogen and oxygen atoms in total. The second kappa shape index (κ2) is 7.87. The van der Waals surface area contributed by atoms with Crippen LogP contribution in [0.25, 0.3) is 0 Å². The van der Waals surface area contributed by atoms with Gasteiger partial charge >= 0.3 is 6.18 Å². The molecule has 1 atom stereocenters.